The number of hydrogen-bond donors (Lipinski definition) is 1. The Hall–Kier alpha value is -1.39. The van der Waals surface area contributed by atoms with E-state index >= 15 is 0 Å². The fourth-order valence-electron chi connectivity index (χ4n) is 1.95. The lowest BCUT2D eigenvalue weighted by Crippen LogP contribution is -2.19. The Bertz CT molecular complexity index is 536. The van der Waals surface area contributed by atoms with E-state index in [0.29, 0.717) is 5.02 Å². The van der Waals surface area contributed by atoms with Gasteiger partial charge in [-0.15, -0.1) is 0 Å². The SMILES string of the molecule is CCCn1ncc(Cl)c1C(N)c1cccc(C)n1. The average Bonchev–Trinajstić information content (AvgIpc) is 2.70. The summed E-state index contributed by atoms with van der Waals surface area (Å²) >= 11 is 6.17. The zero-order chi connectivity index (χ0) is 13.1. The van der Waals surface area contributed by atoms with Crippen LogP contribution in [0.5, 0.6) is 0 Å². The summed E-state index contributed by atoms with van der Waals surface area (Å²) in [6, 6.07) is 5.47. The molecule has 0 spiro atoms. The van der Waals surface area contributed by atoms with E-state index in [-0.39, 0.29) is 6.04 Å². The number of rotatable bonds is 4. The highest BCUT2D eigenvalue weighted by Crippen LogP contribution is 2.25. The molecule has 0 radical (unpaired) electrons. The maximum Gasteiger partial charge on any atom is 0.0912 e. The summed E-state index contributed by atoms with van der Waals surface area (Å²) in [6.45, 7) is 4.85. The third-order valence-electron chi connectivity index (χ3n) is 2.79. The molecule has 5 heteroatoms. The Morgan fingerprint density at radius 3 is 2.89 bits per heavy atom. The summed E-state index contributed by atoms with van der Waals surface area (Å²) < 4.78 is 1.86. The minimum absolute atomic E-state index is 0.341. The van der Waals surface area contributed by atoms with Crippen LogP contribution in [0.1, 0.15) is 36.5 Å². The van der Waals surface area contributed by atoms with Gasteiger partial charge in [0, 0.05) is 12.2 Å². The van der Waals surface area contributed by atoms with Crippen LogP contribution in [0.2, 0.25) is 5.02 Å². The smallest absolute Gasteiger partial charge is 0.0912 e. The fraction of sp³-hybridized carbons (Fsp3) is 0.385. The summed E-state index contributed by atoms with van der Waals surface area (Å²) in [6.07, 6.45) is 2.63. The molecule has 0 aliphatic carbocycles. The second-order valence-corrected chi connectivity index (χ2v) is 4.69. The van der Waals surface area contributed by atoms with Crippen molar-refractivity contribution in [2.75, 3.05) is 0 Å². The van der Waals surface area contributed by atoms with Crippen LogP contribution in [-0.2, 0) is 6.54 Å². The molecule has 4 nitrogen and oxygen atoms in total. The number of nitrogens with zero attached hydrogens (tertiary/aromatic N) is 3. The fourth-order valence-corrected chi connectivity index (χ4v) is 2.21. The molecule has 1 atom stereocenters. The van der Waals surface area contributed by atoms with Crippen LogP contribution in [0.4, 0.5) is 0 Å². The molecule has 0 aliphatic heterocycles. The van der Waals surface area contributed by atoms with Crippen LogP contribution < -0.4 is 5.73 Å². The molecule has 2 N–H and O–H groups in total. The van der Waals surface area contributed by atoms with Crippen molar-refractivity contribution in [1.29, 1.82) is 0 Å². The van der Waals surface area contributed by atoms with E-state index in [1.165, 1.54) is 0 Å². The van der Waals surface area contributed by atoms with E-state index in [0.717, 1.165) is 30.0 Å². The summed E-state index contributed by atoms with van der Waals surface area (Å²) in [5.41, 5.74) is 8.84. The largest absolute Gasteiger partial charge is 0.318 e. The molecule has 1 unspecified atom stereocenters. The van der Waals surface area contributed by atoms with Gasteiger partial charge < -0.3 is 5.73 Å². The zero-order valence-corrected chi connectivity index (χ0v) is 11.4. The first kappa shape index (κ1) is 13.1. The van der Waals surface area contributed by atoms with Crippen molar-refractivity contribution < 1.29 is 0 Å². The molecule has 2 aromatic heterocycles. The molecule has 0 bridgehead atoms. The van der Waals surface area contributed by atoms with Gasteiger partial charge >= 0.3 is 0 Å². The topological polar surface area (TPSA) is 56.7 Å². The highest BCUT2D eigenvalue weighted by molar-refractivity contribution is 6.31. The summed E-state index contributed by atoms with van der Waals surface area (Å²) in [4.78, 5) is 4.45. The Labute approximate surface area is 112 Å². The van der Waals surface area contributed by atoms with Crippen molar-refractivity contribution in [3.63, 3.8) is 0 Å². The molecule has 0 aliphatic rings. The molecule has 18 heavy (non-hydrogen) atoms. The standard InChI is InChI=1S/C13H17ClN4/c1-3-7-18-13(10(14)8-16-18)12(15)11-6-4-5-9(2)17-11/h4-6,8,12H,3,7,15H2,1-2H3. The summed E-state index contributed by atoms with van der Waals surface area (Å²) in [5, 5.41) is 4.85. The Morgan fingerprint density at radius 1 is 1.44 bits per heavy atom. The number of hydrogen-bond acceptors (Lipinski definition) is 3. The van der Waals surface area contributed by atoms with E-state index in [4.69, 9.17) is 17.3 Å². The van der Waals surface area contributed by atoms with Crippen LogP contribution in [0, 0.1) is 6.92 Å². The minimum atomic E-state index is -0.341. The summed E-state index contributed by atoms with van der Waals surface area (Å²) in [5.74, 6) is 0. The quantitative estimate of drug-likeness (QED) is 0.924. The molecule has 0 saturated carbocycles. The van der Waals surface area contributed by atoms with Gasteiger partial charge in [0.1, 0.15) is 0 Å². The maximum absolute atomic E-state index is 6.25. The zero-order valence-electron chi connectivity index (χ0n) is 10.6. The lowest BCUT2D eigenvalue weighted by molar-refractivity contribution is 0.556. The Balaban J connectivity index is 2.39. The monoisotopic (exact) mass is 264 g/mol. The minimum Gasteiger partial charge on any atom is -0.318 e. The average molecular weight is 265 g/mol. The molecule has 2 heterocycles. The number of pyridine rings is 1. The normalized spacial score (nSPS) is 12.7. The molecule has 0 saturated heterocycles. The number of aromatic nitrogens is 3. The molecule has 0 amide bonds. The predicted molar refractivity (Wildman–Crippen MR) is 72.5 cm³/mol. The predicted octanol–water partition coefficient (Wildman–Crippen LogP) is 2.70. The van der Waals surface area contributed by atoms with Crippen LogP contribution in [0.25, 0.3) is 0 Å². The van der Waals surface area contributed by atoms with Gasteiger partial charge in [-0.1, -0.05) is 24.6 Å². The van der Waals surface area contributed by atoms with Gasteiger partial charge in [-0.25, -0.2) is 0 Å². The van der Waals surface area contributed by atoms with Gasteiger partial charge in [-0.2, -0.15) is 5.10 Å². The van der Waals surface area contributed by atoms with Crippen LogP contribution in [-0.4, -0.2) is 14.8 Å². The van der Waals surface area contributed by atoms with E-state index in [1.807, 2.05) is 29.8 Å². The van der Waals surface area contributed by atoms with Gasteiger partial charge in [0.2, 0.25) is 0 Å². The maximum atomic E-state index is 6.25. The van der Waals surface area contributed by atoms with Crippen molar-refractivity contribution in [3.05, 3.63) is 46.5 Å². The number of aryl methyl sites for hydroxylation is 2. The van der Waals surface area contributed by atoms with Gasteiger partial charge in [-0.3, -0.25) is 9.67 Å². The molecular formula is C13H17ClN4. The second-order valence-electron chi connectivity index (χ2n) is 4.28. The van der Waals surface area contributed by atoms with Crippen molar-refractivity contribution in [2.45, 2.75) is 32.9 Å². The van der Waals surface area contributed by atoms with Gasteiger partial charge in [0.05, 0.1) is 28.6 Å². The number of halogens is 1. The summed E-state index contributed by atoms with van der Waals surface area (Å²) in [7, 11) is 0. The lowest BCUT2D eigenvalue weighted by Gasteiger charge is -2.14. The molecular weight excluding hydrogens is 248 g/mol. The Kier molecular flexibility index (Phi) is 3.99. The van der Waals surface area contributed by atoms with E-state index in [1.54, 1.807) is 6.20 Å². The van der Waals surface area contributed by atoms with Crippen LogP contribution >= 0.6 is 11.6 Å². The number of nitrogens with two attached hydrogens (primary N) is 1. The van der Waals surface area contributed by atoms with E-state index in [2.05, 4.69) is 17.0 Å². The first-order valence-electron chi connectivity index (χ1n) is 6.03. The molecule has 0 fully saturated rings. The molecule has 0 aromatic carbocycles. The van der Waals surface area contributed by atoms with Crippen molar-refractivity contribution >= 4 is 11.6 Å². The van der Waals surface area contributed by atoms with E-state index < -0.39 is 0 Å². The van der Waals surface area contributed by atoms with Crippen molar-refractivity contribution in [2.24, 2.45) is 5.73 Å². The lowest BCUT2D eigenvalue weighted by atomic mass is 10.1. The van der Waals surface area contributed by atoms with Crippen LogP contribution in [0.15, 0.2) is 24.4 Å². The highest BCUT2D eigenvalue weighted by Gasteiger charge is 2.19. The molecule has 96 valence electrons. The molecule has 2 aromatic rings. The highest BCUT2D eigenvalue weighted by atomic mass is 35.5. The third kappa shape index (κ3) is 2.54. The van der Waals surface area contributed by atoms with Crippen molar-refractivity contribution in [1.82, 2.24) is 14.8 Å². The van der Waals surface area contributed by atoms with E-state index in [9.17, 15) is 0 Å². The third-order valence-corrected chi connectivity index (χ3v) is 3.08. The second kappa shape index (κ2) is 5.50. The molecule has 2 rings (SSSR count). The van der Waals surface area contributed by atoms with Gasteiger partial charge in [-0.05, 0) is 25.5 Å². The first-order valence-corrected chi connectivity index (χ1v) is 6.41. The Morgan fingerprint density at radius 2 is 2.22 bits per heavy atom. The first-order chi connectivity index (χ1) is 8.63. The van der Waals surface area contributed by atoms with Crippen molar-refractivity contribution in [3.8, 4) is 0 Å². The van der Waals surface area contributed by atoms with Gasteiger partial charge in [0.25, 0.3) is 0 Å². The van der Waals surface area contributed by atoms with Gasteiger partial charge in [0.15, 0.2) is 0 Å². The van der Waals surface area contributed by atoms with Crippen LogP contribution in [0.3, 0.4) is 0 Å².